The Bertz CT molecular complexity index is 144. The van der Waals surface area contributed by atoms with Crippen molar-refractivity contribution in [2.24, 2.45) is 23.0 Å². The summed E-state index contributed by atoms with van der Waals surface area (Å²) in [5, 5.41) is 0. The Labute approximate surface area is 63.0 Å². The van der Waals surface area contributed by atoms with Crippen LogP contribution in [0.5, 0.6) is 0 Å². The largest absolute Gasteiger partial charge is 0.330 e. The third-order valence-corrected chi connectivity index (χ3v) is 3.44. The SMILES string of the molecule is C[C@H]1CC2C[C@]2(CCN)C1. The molecule has 0 radical (unpaired) electrons. The zero-order chi connectivity index (χ0) is 7.19. The van der Waals surface area contributed by atoms with Gasteiger partial charge in [-0.15, -0.1) is 0 Å². The van der Waals surface area contributed by atoms with E-state index in [0.29, 0.717) is 0 Å². The summed E-state index contributed by atoms with van der Waals surface area (Å²) >= 11 is 0. The lowest BCUT2D eigenvalue weighted by Gasteiger charge is -2.11. The van der Waals surface area contributed by atoms with Crippen LogP contribution in [0.3, 0.4) is 0 Å². The maximum Gasteiger partial charge on any atom is -0.00719 e. The number of hydrogen-bond donors (Lipinski definition) is 1. The molecule has 0 aromatic heterocycles. The summed E-state index contributed by atoms with van der Waals surface area (Å²) in [6.45, 7) is 3.29. The Morgan fingerprint density at radius 2 is 2.30 bits per heavy atom. The van der Waals surface area contributed by atoms with Crippen molar-refractivity contribution in [2.75, 3.05) is 6.54 Å². The molecule has 1 unspecified atom stereocenters. The van der Waals surface area contributed by atoms with Crippen molar-refractivity contribution in [2.45, 2.75) is 32.6 Å². The third-order valence-electron chi connectivity index (χ3n) is 3.44. The summed E-state index contributed by atoms with van der Waals surface area (Å²) in [7, 11) is 0. The summed E-state index contributed by atoms with van der Waals surface area (Å²) in [5.41, 5.74) is 6.32. The van der Waals surface area contributed by atoms with Crippen molar-refractivity contribution in [3.8, 4) is 0 Å². The van der Waals surface area contributed by atoms with Gasteiger partial charge in [0.25, 0.3) is 0 Å². The van der Waals surface area contributed by atoms with Gasteiger partial charge in [-0.05, 0) is 49.5 Å². The van der Waals surface area contributed by atoms with Gasteiger partial charge in [-0.25, -0.2) is 0 Å². The van der Waals surface area contributed by atoms with Crippen molar-refractivity contribution in [3.05, 3.63) is 0 Å². The molecule has 2 aliphatic carbocycles. The Kier molecular flexibility index (Phi) is 1.31. The van der Waals surface area contributed by atoms with E-state index < -0.39 is 0 Å². The molecule has 0 aromatic rings. The highest BCUT2D eigenvalue weighted by molar-refractivity contribution is 5.07. The summed E-state index contributed by atoms with van der Waals surface area (Å²) in [4.78, 5) is 0. The normalized spacial score (nSPS) is 51.0. The second-order valence-corrected chi connectivity index (χ2v) is 4.35. The number of fused-ring (bicyclic) bond motifs is 1. The van der Waals surface area contributed by atoms with Crippen molar-refractivity contribution in [1.29, 1.82) is 0 Å². The molecule has 0 spiro atoms. The van der Waals surface area contributed by atoms with Crippen molar-refractivity contribution >= 4 is 0 Å². The zero-order valence-electron chi connectivity index (χ0n) is 6.77. The first-order chi connectivity index (χ1) is 4.77. The Balaban J connectivity index is 1.95. The van der Waals surface area contributed by atoms with Crippen LogP contribution in [0.2, 0.25) is 0 Å². The lowest BCUT2D eigenvalue weighted by atomic mass is 9.96. The molecule has 1 heteroatoms. The molecule has 0 heterocycles. The molecule has 0 aliphatic heterocycles. The Morgan fingerprint density at radius 1 is 1.50 bits per heavy atom. The predicted molar refractivity (Wildman–Crippen MR) is 42.6 cm³/mol. The smallest absolute Gasteiger partial charge is 0.00719 e. The van der Waals surface area contributed by atoms with Crippen LogP contribution in [-0.4, -0.2) is 6.54 Å². The van der Waals surface area contributed by atoms with Gasteiger partial charge in [0.2, 0.25) is 0 Å². The Hall–Kier alpha value is -0.0400. The summed E-state index contributed by atoms with van der Waals surface area (Å²) in [5.74, 6) is 2.07. The molecule has 0 amide bonds. The van der Waals surface area contributed by atoms with Crippen molar-refractivity contribution in [1.82, 2.24) is 0 Å². The van der Waals surface area contributed by atoms with Crippen LogP contribution in [0.4, 0.5) is 0 Å². The topological polar surface area (TPSA) is 26.0 Å². The molecule has 58 valence electrons. The molecule has 2 rings (SSSR count). The average molecular weight is 139 g/mol. The molecule has 2 saturated carbocycles. The monoisotopic (exact) mass is 139 g/mol. The molecule has 2 aliphatic rings. The fourth-order valence-corrected chi connectivity index (χ4v) is 2.97. The molecular formula is C9H17N. The second kappa shape index (κ2) is 1.97. The molecule has 0 aromatic carbocycles. The van der Waals surface area contributed by atoms with E-state index in [-0.39, 0.29) is 0 Å². The minimum Gasteiger partial charge on any atom is -0.330 e. The number of nitrogens with two attached hydrogens (primary N) is 1. The lowest BCUT2D eigenvalue weighted by molar-refractivity contribution is 0.412. The van der Waals surface area contributed by atoms with E-state index >= 15 is 0 Å². The highest BCUT2D eigenvalue weighted by Crippen LogP contribution is 2.66. The average Bonchev–Trinajstić information content (AvgIpc) is 2.36. The van der Waals surface area contributed by atoms with Crippen LogP contribution >= 0.6 is 0 Å². The van der Waals surface area contributed by atoms with Crippen LogP contribution in [0.25, 0.3) is 0 Å². The molecular weight excluding hydrogens is 122 g/mol. The van der Waals surface area contributed by atoms with E-state index in [1.54, 1.807) is 0 Å². The van der Waals surface area contributed by atoms with Gasteiger partial charge < -0.3 is 5.73 Å². The van der Waals surface area contributed by atoms with E-state index in [2.05, 4.69) is 6.92 Å². The minimum absolute atomic E-state index is 0.758. The molecule has 1 nitrogen and oxygen atoms in total. The first kappa shape index (κ1) is 6.66. The van der Waals surface area contributed by atoms with Gasteiger partial charge in [-0.2, -0.15) is 0 Å². The van der Waals surface area contributed by atoms with Gasteiger partial charge in [-0.3, -0.25) is 0 Å². The fourth-order valence-electron chi connectivity index (χ4n) is 2.97. The van der Waals surface area contributed by atoms with Crippen molar-refractivity contribution < 1.29 is 0 Å². The van der Waals surface area contributed by atoms with Crippen molar-refractivity contribution in [3.63, 3.8) is 0 Å². The maximum atomic E-state index is 5.57. The first-order valence-corrected chi connectivity index (χ1v) is 4.47. The van der Waals surface area contributed by atoms with Crippen LogP contribution in [0.1, 0.15) is 32.6 Å². The van der Waals surface area contributed by atoms with Crippen LogP contribution < -0.4 is 5.73 Å². The van der Waals surface area contributed by atoms with E-state index in [9.17, 15) is 0 Å². The lowest BCUT2D eigenvalue weighted by Crippen LogP contribution is -2.09. The molecule has 2 fully saturated rings. The van der Waals surface area contributed by atoms with Gasteiger partial charge >= 0.3 is 0 Å². The molecule has 0 bridgehead atoms. The second-order valence-electron chi connectivity index (χ2n) is 4.35. The fraction of sp³-hybridized carbons (Fsp3) is 1.00. The Morgan fingerprint density at radius 3 is 2.80 bits per heavy atom. The van der Waals surface area contributed by atoms with E-state index in [0.717, 1.165) is 23.8 Å². The van der Waals surface area contributed by atoms with Crippen LogP contribution in [0, 0.1) is 17.3 Å². The zero-order valence-corrected chi connectivity index (χ0v) is 6.77. The van der Waals surface area contributed by atoms with Gasteiger partial charge in [0.15, 0.2) is 0 Å². The highest BCUT2D eigenvalue weighted by atomic mass is 14.7. The maximum absolute atomic E-state index is 5.57. The summed E-state index contributed by atoms with van der Waals surface area (Å²) in [6, 6.07) is 0. The number of rotatable bonds is 2. The summed E-state index contributed by atoms with van der Waals surface area (Å²) in [6.07, 6.45) is 5.74. The van der Waals surface area contributed by atoms with Gasteiger partial charge in [0, 0.05) is 0 Å². The van der Waals surface area contributed by atoms with Crippen LogP contribution in [-0.2, 0) is 0 Å². The van der Waals surface area contributed by atoms with Gasteiger partial charge in [0.1, 0.15) is 0 Å². The predicted octanol–water partition coefficient (Wildman–Crippen LogP) is 1.77. The standard InChI is InChI=1S/C9H17N/c1-7-4-8-6-9(8,5-7)2-3-10/h7-8H,2-6,10H2,1H3/t7-,8?,9-/m0/s1. The van der Waals surface area contributed by atoms with Crippen LogP contribution in [0.15, 0.2) is 0 Å². The molecule has 10 heavy (non-hydrogen) atoms. The molecule has 3 atom stereocenters. The first-order valence-electron chi connectivity index (χ1n) is 4.47. The van der Waals surface area contributed by atoms with E-state index in [1.165, 1.54) is 25.7 Å². The van der Waals surface area contributed by atoms with E-state index in [1.807, 2.05) is 0 Å². The van der Waals surface area contributed by atoms with Gasteiger partial charge in [0.05, 0.1) is 0 Å². The van der Waals surface area contributed by atoms with E-state index in [4.69, 9.17) is 5.73 Å². The number of hydrogen-bond acceptors (Lipinski definition) is 1. The molecule has 0 saturated heterocycles. The third kappa shape index (κ3) is 0.800. The summed E-state index contributed by atoms with van der Waals surface area (Å²) < 4.78 is 0. The quantitative estimate of drug-likeness (QED) is 0.620. The minimum atomic E-state index is 0.758. The molecule has 2 N–H and O–H groups in total. The highest BCUT2D eigenvalue weighted by Gasteiger charge is 2.57. The van der Waals surface area contributed by atoms with Gasteiger partial charge in [-0.1, -0.05) is 6.92 Å².